The van der Waals surface area contributed by atoms with Crippen molar-refractivity contribution >= 4 is 0 Å². The average molecular weight is 212 g/mol. The summed E-state index contributed by atoms with van der Waals surface area (Å²) in [5, 5.41) is 3.46. The minimum atomic E-state index is 0.796. The predicted molar refractivity (Wildman–Crippen MR) is 67.2 cm³/mol. The molecule has 0 aromatic carbocycles. The Morgan fingerprint density at radius 1 is 1.27 bits per heavy atom. The summed E-state index contributed by atoms with van der Waals surface area (Å²) >= 11 is 0. The fourth-order valence-corrected chi connectivity index (χ4v) is 2.69. The highest BCUT2D eigenvalue weighted by atomic mass is 15.1. The third-order valence-electron chi connectivity index (χ3n) is 3.80. The fourth-order valence-electron chi connectivity index (χ4n) is 2.69. The fraction of sp³-hybridized carbons (Fsp3) is 1.00. The average Bonchev–Trinajstić information content (AvgIpc) is 2.70. The molecule has 2 atom stereocenters. The molecular weight excluding hydrogens is 184 g/mol. The summed E-state index contributed by atoms with van der Waals surface area (Å²) in [6.07, 6.45) is 8.29. The maximum Gasteiger partial charge on any atom is 0.00928 e. The SMILES string of the molecule is CCCCN(C)CCC1CCCC1NC. The highest BCUT2D eigenvalue weighted by Gasteiger charge is 2.25. The first-order valence-electron chi connectivity index (χ1n) is 6.63. The highest BCUT2D eigenvalue weighted by molar-refractivity contribution is 4.82. The normalized spacial score (nSPS) is 26.4. The second kappa shape index (κ2) is 7.24. The van der Waals surface area contributed by atoms with Crippen LogP contribution in [-0.2, 0) is 0 Å². The van der Waals surface area contributed by atoms with Crippen LogP contribution in [0.2, 0.25) is 0 Å². The van der Waals surface area contributed by atoms with Crippen molar-refractivity contribution in [3.05, 3.63) is 0 Å². The molecule has 0 saturated heterocycles. The smallest absolute Gasteiger partial charge is 0.00928 e. The minimum absolute atomic E-state index is 0.796. The number of unbranched alkanes of at least 4 members (excludes halogenated alkanes) is 1. The largest absolute Gasteiger partial charge is 0.317 e. The second-order valence-electron chi connectivity index (χ2n) is 5.03. The standard InChI is InChI=1S/C13H28N2/c1-4-5-10-15(3)11-9-12-7-6-8-13(12)14-2/h12-14H,4-11H2,1-3H3. The van der Waals surface area contributed by atoms with Gasteiger partial charge in [-0.2, -0.15) is 0 Å². The van der Waals surface area contributed by atoms with Gasteiger partial charge in [-0.05, 0) is 58.8 Å². The molecule has 0 aliphatic heterocycles. The number of hydrogen-bond acceptors (Lipinski definition) is 2. The third-order valence-corrected chi connectivity index (χ3v) is 3.80. The van der Waals surface area contributed by atoms with E-state index < -0.39 is 0 Å². The van der Waals surface area contributed by atoms with Gasteiger partial charge in [-0.15, -0.1) is 0 Å². The van der Waals surface area contributed by atoms with Gasteiger partial charge in [0.05, 0.1) is 0 Å². The molecule has 0 heterocycles. The molecule has 90 valence electrons. The van der Waals surface area contributed by atoms with Crippen LogP contribution in [-0.4, -0.2) is 38.1 Å². The lowest BCUT2D eigenvalue weighted by molar-refractivity contribution is 0.281. The second-order valence-corrected chi connectivity index (χ2v) is 5.03. The zero-order valence-corrected chi connectivity index (χ0v) is 10.8. The lowest BCUT2D eigenvalue weighted by Crippen LogP contribution is -2.31. The maximum absolute atomic E-state index is 3.46. The first-order chi connectivity index (χ1) is 7.27. The number of rotatable bonds is 7. The van der Waals surface area contributed by atoms with Crippen molar-refractivity contribution in [2.24, 2.45) is 5.92 Å². The van der Waals surface area contributed by atoms with E-state index in [0.29, 0.717) is 0 Å². The topological polar surface area (TPSA) is 15.3 Å². The van der Waals surface area contributed by atoms with Crippen LogP contribution >= 0.6 is 0 Å². The molecule has 2 heteroatoms. The quantitative estimate of drug-likeness (QED) is 0.697. The predicted octanol–water partition coefficient (Wildman–Crippen LogP) is 2.50. The van der Waals surface area contributed by atoms with Crippen molar-refractivity contribution in [3.63, 3.8) is 0 Å². The van der Waals surface area contributed by atoms with E-state index in [0.717, 1.165) is 12.0 Å². The monoisotopic (exact) mass is 212 g/mol. The maximum atomic E-state index is 3.46. The molecule has 2 unspecified atom stereocenters. The van der Waals surface area contributed by atoms with Crippen LogP contribution in [0.1, 0.15) is 45.4 Å². The van der Waals surface area contributed by atoms with Gasteiger partial charge in [0.2, 0.25) is 0 Å². The molecule has 0 bridgehead atoms. The van der Waals surface area contributed by atoms with Gasteiger partial charge >= 0.3 is 0 Å². The molecule has 2 nitrogen and oxygen atoms in total. The van der Waals surface area contributed by atoms with Crippen LogP contribution < -0.4 is 5.32 Å². The molecule has 1 saturated carbocycles. The molecule has 0 aromatic rings. The lowest BCUT2D eigenvalue weighted by atomic mass is 9.99. The summed E-state index contributed by atoms with van der Waals surface area (Å²) < 4.78 is 0. The Bertz CT molecular complexity index is 159. The van der Waals surface area contributed by atoms with E-state index in [2.05, 4.69) is 31.2 Å². The van der Waals surface area contributed by atoms with Crippen molar-refractivity contribution in [1.29, 1.82) is 0 Å². The van der Waals surface area contributed by atoms with E-state index in [-0.39, 0.29) is 0 Å². The van der Waals surface area contributed by atoms with Crippen molar-refractivity contribution in [3.8, 4) is 0 Å². The minimum Gasteiger partial charge on any atom is -0.317 e. The molecule has 1 N–H and O–H groups in total. The van der Waals surface area contributed by atoms with E-state index in [1.807, 2.05) is 0 Å². The van der Waals surface area contributed by atoms with Gasteiger partial charge in [0, 0.05) is 6.04 Å². The van der Waals surface area contributed by atoms with Gasteiger partial charge in [-0.1, -0.05) is 19.8 Å². The van der Waals surface area contributed by atoms with Gasteiger partial charge in [-0.3, -0.25) is 0 Å². The van der Waals surface area contributed by atoms with Crippen LogP contribution in [0, 0.1) is 5.92 Å². The van der Waals surface area contributed by atoms with Gasteiger partial charge in [-0.25, -0.2) is 0 Å². The lowest BCUT2D eigenvalue weighted by Gasteiger charge is -2.22. The Hall–Kier alpha value is -0.0800. The van der Waals surface area contributed by atoms with Crippen LogP contribution in [0.5, 0.6) is 0 Å². The summed E-state index contributed by atoms with van der Waals surface area (Å²) in [6, 6.07) is 0.796. The first-order valence-corrected chi connectivity index (χ1v) is 6.63. The molecule has 1 fully saturated rings. The molecule has 0 amide bonds. The summed E-state index contributed by atoms with van der Waals surface area (Å²) in [4.78, 5) is 2.49. The molecule has 1 rings (SSSR count). The van der Waals surface area contributed by atoms with Crippen LogP contribution in [0.3, 0.4) is 0 Å². The van der Waals surface area contributed by atoms with Gasteiger partial charge in [0.15, 0.2) is 0 Å². The number of nitrogens with one attached hydrogen (secondary N) is 1. The summed E-state index contributed by atoms with van der Waals surface area (Å²) in [5.74, 6) is 0.930. The van der Waals surface area contributed by atoms with Gasteiger partial charge in [0.25, 0.3) is 0 Å². The Morgan fingerprint density at radius 3 is 2.73 bits per heavy atom. The van der Waals surface area contributed by atoms with Crippen molar-refractivity contribution in [2.75, 3.05) is 27.2 Å². The van der Waals surface area contributed by atoms with Crippen LogP contribution in [0.15, 0.2) is 0 Å². The van der Waals surface area contributed by atoms with Crippen molar-refractivity contribution < 1.29 is 0 Å². The van der Waals surface area contributed by atoms with E-state index in [1.165, 1.54) is 51.6 Å². The van der Waals surface area contributed by atoms with Crippen LogP contribution in [0.25, 0.3) is 0 Å². The Morgan fingerprint density at radius 2 is 2.07 bits per heavy atom. The van der Waals surface area contributed by atoms with Gasteiger partial charge in [0.1, 0.15) is 0 Å². The molecule has 15 heavy (non-hydrogen) atoms. The third kappa shape index (κ3) is 4.52. The van der Waals surface area contributed by atoms with Crippen molar-refractivity contribution in [2.45, 2.75) is 51.5 Å². The molecular formula is C13H28N2. The molecule has 0 radical (unpaired) electrons. The highest BCUT2D eigenvalue weighted by Crippen LogP contribution is 2.28. The molecule has 0 spiro atoms. The van der Waals surface area contributed by atoms with Gasteiger partial charge < -0.3 is 10.2 Å². The van der Waals surface area contributed by atoms with E-state index >= 15 is 0 Å². The Kier molecular flexibility index (Phi) is 6.26. The van der Waals surface area contributed by atoms with Crippen LogP contribution in [0.4, 0.5) is 0 Å². The van der Waals surface area contributed by atoms with E-state index in [9.17, 15) is 0 Å². The molecule has 0 aromatic heterocycles. The summed E-state index contributed by atoms with van der Waals surface area (Å²) in [5.41, 5.74) is 0. The molecule has 1 aliphatic carbocycles. The Labute approximate surface area is 95.4 Å². The summed E-state index contributed by atoms with van der Waals surface area (Å²) in [6.45, 7) is 4.82. The summed E-state index contributed by atoms with van der Waals surface area (Å²) in [7, 11) is 4.38. The zero-order chi connectivity index (χ0) is 11.1. The van der Waals surface area contributed by atoms with E-state index in [4.69, 9.17) is 0 Å². The molecule has 1 aliphatic rings. The number of nitrogens with zero attached hydrogens (tertiary/aromatic N) is 1. The first kappa shape index (κ1) is 13.0. The Balaban J connectivity index is 2.12. The van der Waals surface area contributed by atoms with E-state index in [1.54, 1.807) is 0 Å². The number of hydrogen-bond donors (Lipinski definition) is 1. The zero-order valence-electron chi connectivity index (χ0n) is 10.8. The van der Waals surface area contributed by atoms with Crippen molar-refractivity contribution in [1.82, 2.24) is 10.2 Å².